The lowest BCUT2D eigenvalue weighted by molar-refractivity contribution is -0.356. The van der Waals surface area contributed by atoms with Crippen LogP contribution in [0, 0.1) is 0 Å². The Morgan fingerprint density at radius 1 is 0.773 bits per heavy atom. The molecule has 0 radical (unpaired) electrons. The molecule has 0 saturated heterocycles. The molecule has 0 aromatic rings. The summed E-state index contributed by atoms with van der Waals surface area (Å²) in [5, 5.41) is 0. The lowest BCUT2D eigenvalue weighted by Gasteiger charge is -2.35. The Morgan fingerprint density at radius 2 is 1.27 bits per heavy atom. The fourth-order valence-corrected chi connectivity index (χ4v) is 3.01. The third-order valence-electron chi connectivity index (χ3n) is 3.72. The minimum Gasteiger partial charge on any atom is -0.199 e. The third kappa shape index (κ3) is 6.03. The molecular formula is C14H22F7I. The van der Waals surface area contributed by atoms with Crippen molar-refractivity contribution in [3.8, 4) is 0 Å². The highest BCUT2D eigenvalue weighted by Crippen LogP contribution is 2.52. The molecule has 0 fully saturated rings. The molecule has 22 heavy (non-hydrogen) atoms. The molecular weight excluding hydrogens is 428 g/mol. The van der Waals surface area contributed by atoms with E-state index in [4.69, 9.17) is 0 Å². The van der Waals surface area contributed by atoms with Crippen LogP contribution >= 0.6 is 22.6 Å². The summed E-state index contributed by atoms with van der Waals surface area (Å²) in [6.07, 6.45) is -3.20. The van der Waals surface area contributed by atoms with E-state index >= 15 is 0 Å². The quantitative estimate of drug-likeness (QED) is 0.144. The highest BCUT2D eigenvalue weighted by molar-refractivity contribution is 14.1. The molecule has 0 heterocycles. The zero-order chi connectivity index (χ0) is 17.7. The van der Waals surface area contributed by atoms with Gasteiger partial charge >= 0.3 is 18.0 Å². The topological polar surface area (TPSA) is 0 Å². The zero-order valence-corrected chi connectivity index (χ0v) is 14.8. The molecule has 0 aliphatic carbocycles. The van der Waals surface area contributed by atoms with Crippen molar-refractivity contribution in [2.75, 3.05) is 0 Å². The van der Waals surface area contributed by atoms with Crippen molar-refractivity contribution in [3.05, 3.63) is 0 Å². The summed E-state index contributed by atoms with van der Waals surface area (Å²) in [5.41, 5.74) is 0. The molecule has 0 saturated carbocycles. The SMILES string of the molecule is CCCCCCCC(I)(CC)CC(F)(F)C(F)(F)C(F)(F)F. The van der Waals surface area contributed by atoms with E-state index in [1.54, 1.807) is 22.6 Å². The summed E-state index contributed by atoms with van der Waals surface area (Å²) >= 11 is 1.61. The van der Waals surface area contributed by atoms with Crippen LogP contribution in [0.2, 0.25) is 0 Å². The van der Waals surface area contributed by atoms with E-state index in [1.165, 1.54) is 6.92 Å². The second-order valence-electron chi connectivity index (χ2n) is 5.62. The first kappa shape index (κ1) is 22.2. The first-order valence-corrected chi connectivity index (χ1v) is 8.42. The van der Waals surface area contributed by atoms with Crippen molar-refractivity contribution in [3.63, 3.8) is 0 Å². The van der Waals surface area contributed by atoms with Crippen molar-refractivity contribution >= 4 is 22.6 Å². The predicted molar refractivity (Wildman–Crippen MR) is 81.0 cm³/mol. The molecule has 1 atom stereocenters. The van der Waals surface area contributed by atoms with Gasteiger partial charge in [-0.2, -0.15) is 30.7 Å². The molecule has 0 amide bonds. The van der Waals surface area contributed by atoms with Crippen LogP contribution in [0.4, 0.5) is 30.7 Å². The Kier molecular flexibility index (Phi) is 8.46. The second kappa shape index (κ2) is 8.37. The van der Waals surface area contributed by atoms with Gasteiger partial charge in [0.1, 0.15) is 0 Å². The van der Waals surface area contributed by atoms with E-state index < -0.39 is 27.9 Å². The predicted octanol–water partition coefficient (Wildman–Crippen LogP) is 7.15. The Balaban J connectivity index is 4.82. The molecule has 0 bridgehead atoms. The van der Waals surface area contributed by atoms with Gasteiger partial charge in [-0.15, -0.1) is 0 Å². The van der Waals surface area contributed by atoms with Crippen LogP contribution in [0.15, 0.2) is 0 Å². The van der Waals surface area contributed by atoms with Gasteiger partial charge in [-0.25, -0.2) is 0 Å². The van der Waals surface area contributed by atoms with Crippen LogP contribution in [0.3, 0.4) is 0 Å². The van der Waals surface area contributed by atoms with E-state index in [9.17, 15) is 30.7 Å². The molecule has 134 valence electrons. The number of unbranched alkanes of at least 4 members (excludes halogenated alkanes) is 4. The number of rotatable bonds is 10. The molecule has 0 aromatic carbocycles. The molecule has 0 aliphatic heterocycles. The monoisotopic (exact) mass is 450 g/mol. The van der Waals surface area contributed by atoms with Gasteiger partial charge in [-0.3, -0.25) is 0 Å². The highest BCUT2D eigenvalue weighted by atomic mass is 127. The molecule has 0 aliphatic rings. The smallest absolute Gasteiger partial charge is 0.199 e. The van der Waals surface area contributed by atoms with Crippen molar-refractivity contribution in [2.45, 2.75) is 86.7 Å². The third-order valence-corrected chi connectivity index (χ3v) is 5.40. The Hall–Kier alpha value is 0.240. The largest absolute Gasteiger partial charge is 0.459 e. The fraction of sp³-hybridized carbons (Fsp3) is 1.00. The van der Waals surface area contributed by atoms with Crippen molar-refractivity contribution in [2.24, 2.45) is 0 Å². The van der Waals surface area contributed by atoms with Gasteiger partial charge in [0.05, 0.1) is 0 Å². The van der Waals surface area contributed by atoms with Crippen LogP contribution in [0.1, 0.15) is 65.2 Å². The van der Waals surface area contributed by atoms with Gasteiger partial charge in [0.25, 0.3) is 0 Å². The molecule has 0 N–H and O–H groups in total. The van der Waals surface area contributed by atoms with Crippen molar-refractivity contribution in [1.82, 2.24) is 0 Å². The molecule has 0 nitrogen and oxygen atoms in total. The molecule has 1 unspecified atom stereocenters. The summed E-state index contributed by atoms with van der Waals surface area (Å²) in [6.45, 7) is 3.54. The maximum Gasteiger partial charge on any atom is 0.459 e. The van der Waals surface area contributed by atoms with Gasteiger partial charge in [-0.05, 0) is 12.8 Å². The lowest BCUT2D eigenvalue weighted by atomic mass is 9.89. The molecule has 0 rings (SSSR count). The van der Waals surface area contributed by atoms with Gasteiger partial charge < -0.3 is 0 Å². The van der Waals surface area contributed by atoms with Crippen molar-refractivity contribution < 1.29 is 30.7 Å². The van der Waals surface area contributed by atoms with Crippen LogP contribution in [-0.4, -0.2) is 21.4 Å². The van der Waals surface area contributed by atoms with E-state index in [-0.39, 0.29) is 12.8 Å². The minimum absolute atomic E-state index is 0.116. The normalized spacial score (nSPS) is 16.6. The Bertz CT molecular complexity index is 328. The standard InChI is InChI=1S/C14H22F7I/c1-3-5-6-7-8-9-11(22,4-2)10-12(15,16)13(17,18)14(19,20)21/h3-10H2,1-2H3. The first-order chi connectivity index (χ1) is 9.83. The number of halogens is 8. The lowest BCUT2D eigenvalue weighted by Crippen LogP contribution is -2.54. The van der Waals surface area contributed by atoms with E-state index in [2.05, 4.69) is 0 Å². The van der Waals surface area contributed by atoms with Crippen molar-refractivity contribution in [1.29, 1.82) is 0 Å². The Labute approximate surface area is 140 Å². The summed E-state index contributed by atoms with van der Waals surface area (Å²) in [7, 11) is 0. The first-order valence-electron chi connectivity index (χ1n) is 7.34. The zero-order valence-electron chi connectivity index (χ0n) is 12.7. The van der Waals surface area contributed by atoms with Gasteiger partial charge in [0, 0.05) is 9.84 Å². The van der Waals surface area contributed by atoms with E-state index in [0.29, 0.717) is 6.42 Å². The van der Waals surface area contributed by atoms with Gasteiger partial charge in [0.15, 0.2) is 0 Å². The molecule has 8 heteroatoms. The second-order valence-corrected chi connectivity index (χ2v) is 7.91. The number of hydrogen-bond donors (Lipinski definition) is 0. The van der Waals surface area contributed by atoms with Gasteiger partial charge in [0.2, 0.25) is 0 Å². The summed E-state index contributed by atoms with van der Waals surface area (Å²) in [6, 6.07) is 0. The fourth-order valence-electron chi connectivity index (χ4n) is 2.15. The van der Waals surface area contributed by atoms with Crippen LogP contribution in [0.5, 0.6) is 0 Å². The van der Waals surface area contributed by atoms with E-state index in [0.717, 1.165) is 25.7 Å². The average molecular weight is 450 g/mol. The highest BCUT2D eigenvalue weighted by Gasteiger charge is 2.73. The minimum atomic E-state index is -6.25. The average Bonchev–Trinajstić information content (AvgIpc) is 2.36. The van der Waals surface area contributed by atoms with E-state index in [1.807, 2.05) is 6.92 Å². The van der Waals surface area contributed by atoms with Crippen LogP contribution in [-0.2, 0) is 0 Å². The molecule has 0 aromatic heterocycles. The molecule has 0 spiro atoms. The summed E-state index contributed by atoms with van der Waals surface area (Å²) in [5.74, 6) is -11.1. The summed E-state index contributed by atoms with van der Waals surface area (Å²) < 4.78 is 88.3. The maximum atomic E-state index is 13.5. The Morgan fingerprint density at radius 3 is 1.68 bits per heavy atom. The number of alkyl halides is 8. The summed E-state index contributed by atoms with van der Waals surface area (Å²) in [4.78, 5) is 0. The van der Waals surface area contributed by atoms with Crippen LogP contribution < -0.4 is 0 Å². The van der Waals surface area contributed by atoms with Gasteiger partial charge in [-0.1, -0.05) is 68.5 Å². The number of hydrogen-bond acceptors (Lipinski definition) is 0. The maximum absolute atomic E-state index is 13.5. The van der Waals surface area contributed by atoms with Crippen LogP contribution in [0.25, 0.3) is 0 Å².